The molecule has 0 unspecified atom stereocenters. The number of benzene rings is 2. The molecule has 0 spiro atoms. The second-order valence-corrected chi connectivity index (χ2v) is 5.83. The summed E-state index contributed by atoms with van der Waals surface area (Å²) in [6, 6.07) is 14.3. The summed E-state index contributed by atoms with van der Waals surface area (Å²) in [6.45, 7) is 3.66. The SMILES string of the molecule is CC(C)C(=O)N[C@H](c1ccco1)c1c(O)ccc2ccccc12. The molecular weight excluding hydrogens is 290 g/mol. The molecule has 2 N–H and O–H groups in total. The van der Waals surface area contributed by atoms with E-state index in [1.54, 1.807) is 24.5 Å². The third kappa shape index (κ3) is 2.93. The van der Waals surface area contributed by atoms with E-state index in [1.165, 1.54) is 0 Å². The van der Waals surface area contributed by atoms with Crippen molar-refractivity contribution in [3.63, 3.8) is 0 Å². The van der Waals surface area contributed by atoms with Gasteiger partial charge in [0.1, 0.15) is 17.6 Å². The number of fused-ring (bicyclic) bond motifs is 1. The van der Waals surface area contributed by atoms with Gasteiger partial charge in [-0.1, -0.05) is 44.2 Å². The Morgan fingerprint density at radius 2 is 1.87 bits per heavy atom. The van der Waals surface area contributed by atoms with E-state index in [9.17, 15) is 9.90 Å². The Kier molecular flexibility index (Phi) is 4.06. The second-order valence-electron chi connectivity index (χ2n) is 5.83. The highest BCUT2D eigenvalue weighted by molar-refractivity contribution is 5.89. The number of phenols is 1. The van der Waals surface area contributed by atoms with Gasteiger partial charge in [0.2, 0.25) is 5.91 Å². The van der Waals surface area contributed by atoms with Gasteiger partial charge >= 0.3 is 0 Å². The van der Waals surface area contributed by atoms with Gasteiger partial charge in [-0.15, -0.1) is 0 Å². The fourth-order valence-corrected chi connectivity index (χ4v) is 2.64. The summed E-state index contributed by atoms with van der Waals surface area (Å²) in [5.74, 6) is 0.461. The Morgan fingerprint density at radius 1 is 1.09 bits per heavy atom. The lowest BCUT2D eigenvalue weighted by Crippen LogP contribution is -2.32. The molecule has 0 aliphatic heterocycles. The summed E-state index contributed by atoms with van der Waals surface area (Å²) in [6.07, 6.45) is 1.56. The predicted octanol–water partition coefficient (Wildman–Crippen LogP) is 4.00. The number of phenolic OH excluding ortho intramolecular Hbond substituents is 1. The first kappa shape index (κ1) is 15.2. The first-order chi connectivity index (χ1) is 11.1. The molecule has 4 nitrogen and oxygen atoms in total. The maximum atomic E-state index is 12.2. The van der Waals surface area contributed by atoms with Crippen molar-refractivity contribution >= 4 is 16.7 Å². The van der Waals surface area contributed by atoms with Crippen molar-refractivity contribution in [3.05, 3.63) is 66.1 Å². The lowest BCUT2D eigenvalue weighted by molar-refractivity contribution is -0.124. The molecule has 0 aliphatic carbocycles. The largest absolute Gasteiger partial charge is 0.508 e. The monoisotopic (exact) mass is 309 g/mol. The lowest BCUT2D eigenvalue weighted by Gasteiger charge is -2.21. The van der Waals surface area contributed by atoms with E-state index in [4.69, 9.17) is 4.42 Å². The van der Waals surface area contributed by atoms with Gasteiger partial charge < -0.3 is 14.8 Å². The van der Waals surface area contributed by atoms with Gasteiger partial charge in [0, 0.05) is 11.5 Å². The number of nitrogens with one attached hydrogen (secondary N) is 1. The van der Waals surface area contributed by atoms with Crippen molar-refractivity contribution in [2.45, 2.75) is 19.9 Å². The van der Waals surface area contributed by atoms with Gasteiger partial charge in [0.05, 0.1) is 6.26 Å². The van der Waals surface area contributed by atoms with Crippen LogP contribution in [0.25, 0.3) is 10.8 Å². The van der Waals surface area contributed by atoms with E-state index in [1.807, 2.05) is 44.2 Å². The van der Waals surface area contributed by atoms with Crippen LogP contribution in [0.4, 0.5) is 0 Å². The number of rotatable bonds is 4. The van der Waals surface area contributed by atoms with E-state index >= 15 is 0 Å². The summed E-state index contributed by atoms with van der Waals surface area (Å²) in [4.78, 5) is 12.2. The molecule has 0 bridgehead atoms. The van der Waals surface area contributed by atoms with Crippen molar-refractivity contribution in [2.75, 3.05) is 0 Å². The third-order valence-electron chi connectivity index (χ3n) is 3.88. The number of aromatic hydroxyl groups is 1. The van der Waals surface area contributed by atoms with E-state index in [-0.39, 0.29) is 17.6 Å². The first-order valence-corrected chi connectivity index (χ1v) is 7.62. The molecule has 0 saturated carbocycles. The summed E-state index contributed by atoms with van der Waals surface area (Å²) in [5, 5.41) is 15.3. The van der Waals surface area contributed by atoms with Gasteiger partial charge in [-0.05, 0) is 29.0 Å². The number of hydrogen-bond donors (Lipinski definition) is 2. The Balaban J connectivity index is 2.17. The van der Waals surface area contributed by atoms with Crippen LogP contribution in [0.3, 0.4) is 0 Å². The van der Waals surface area contributed by atoms with E-state index in [0.717, 1.165) is 10.8 Å². The van der Waals surface area contributed by atoms with Crippen LogP contribution in [0.2, 0.25) is 0 Å². The van der Waals surface area contributed by atoms with E-state index < -0.39 is 6.04 Å². The van der Waals surface area contributed by atoms with Gasteiger partial charge in [0.15, 0.2) is 0 Å². The molecule has 118 valence electrons. The number of amides is 1. The molecule has 23 heavy (non-hydrogen) atoms. The predicted molar refractivity (Wildman–Crippen MR) is 89.1 cm³/mol. The van der Waals surface area contributed by atoms with Crippen LogP contribution in [0.1, 0.15) is 31.2 Å². The molecule has 2 aromatic carbocycles. The van der Waals surface area contributed by atoms with Crippen molar-refractivity contribution in [1.82, 2.24) is 5.32 Å². The van der Waals surface area contributed by atoms with Gasteiger partial charge in [-0.25, -0.2) is 0 Å². The summed E-state index contributed by atoms with van der Waals surface area (Å²) in [5.41, 5.74) is 0.645. The van der Waals surface area contributed by atoms with Crippen LogP contribution >= 0.6 is 0 Å². The molecule has 1 atom stereocenters. The highest BCUT2D eigenvalue weighted by Crippen LogP contribution is 2.36. The van der Waals surface area contributed by atoms with Gasteiger partial charge in [0.25, 0.3) is 0 Å². The van der Waals surface area contributed by atoms with Crippen molar-refractivity contribution in [1.29, 1.82) is 0 Å². The molecule has 1 heterocycles. The smallest absolute Gasteiger partial charge is 0.223 e. The molecule has 1 amide bonds. The topological polar surface area (TPSA) is 62.5 Å². The van der Waals surface area contributed by atoms with Crippen molar-refractivity contribution in [3.8, 4) is 5.75 Å². The number of carbonyl (C=O) groups excluding carboxylic acids is 1. The van der Waals surface area contributed by atoms with Crippen LogP contribution in [0.15, 0.2) is 59.2 Å². The van der Waals surface area contributed by atoms with Crippen molar-refractivity contribution in [2.24, 2.45) is 5.92 Å². The fourth-order valence-electron chi connectivity index (χ4n) is 2.64. The fraction of sp³-hybridized carbons (Fsp3) is 0.211. The average molecular weight is 309 g/mol. The summed E-state index contributed by atoms with van der Waals surface area (Å²) in [7, 11) is 0. The van der Waals surface area contributed by atoms with Gasteiger partial charge in [-0.3, -0.25) is 4.79 Å². The van der Waals surface area contributed by atoms with Gasteiger partial charge in [-0.2, -0.15) is 0 Å². The highest BCUT2D eigenvalue weighted by Gasteiger charge is 2.25. The van der Waals surface area contributed by atoms with E-state index in [2.05, 4.69) is 5.32 Å². The minimum Gasteiger partial charge on any atom is -0.508 e. The van der Waals surface area contributed by atoms with E-state index in [0.29, 0.717) is 11.3 Å². The average Bonchev–Trinajstić information content (AvgIpc) is 3.07. The van der Waals surface area contributed by atoms with Crippen LogP contribution in [-0.4, -0.2) is 11.0 Å². The zero-order chi connectivity index (χ0) is 16.4. The molecule has 0 aliphatic rings. The number of carbonyl (C=O) groups is 1. The van der Waals surface area contributed by atoms with Crippen molar-refractivity contribution < 1.29 is 14.3 Å². The minimum atomic E-state index is -0.536. The van der Waals surface area contributed by atoms with Crippen LogP contribution < -0.4 is 5.32 Å². The molecule has 1 aromatic heterocycles. The Morgan fingerprint density at radius 3 is 2.57 bits per heavy atom. The third-order valence-corrected chi connectivity index (χ3v) is 3.88. The Bertz CT molecular complexity index is 822. The first-order valence-electron chi connectivity index (χ1n) is 7.62. The second kappa shape index (κ2) is 6.16. The maximum absolute atomic E-state index is 12.2. The maximum Gasteiger partial charge on any atom is 0.223 e. The van der Waals surface area contributed by atoms with Crippen LogP contribution in [-0.2, 0) is 4.79 Å². The molecule has 0 radical (unpaired) electrons. The zero-order valence-electron chi connectivity index (χ0n) is 13.1. The van der Waals surface area contributed by atoms with Crippen LogP contribution in [0.5, 0.6) is 5.75 Å². The standard InChI is InChI=1S/C19H19NO3/c1-12(2)19(22)20-18(16-8-5-11-23-16)17-14-7-4-3-6-13(14)9-10-15(17)21/h3-12,18,21H,1-2H3,(H,20,22)/t18-/m1/s1. The molecule has 0 fully saturated rings. The van der Waals surface area contributed by atoms with Crippen LogP contribution in [0, 0.1) is 5.92 Å². The molecule has 3 rings (SSSR count). The number of furan rings is 1. The minimum absolute atomic E-state index is 0.0984. The molecule has 3 aromatic rings. The highest BCUT2D eigenvalue weighted by atomic mass is 16.3. The molecular formula is C19H19NO3. The summed E-state index contributed by atoms with van der Waals surface area (Å²) < 4.78 is 5.51. The lowest BCUT2D eigenvalue weighted by atomic mass is 9.95. The normalized spacial score (nSPS) is 12.5. The molecule has 0 saturated heterocycles. The Labute approximate surface area is 134 Å². The zero-order valence-corrected chi connectivity index (χ0v) is 13.1. The number of hydrogen-bond acceptors (Lipinski definition) is 3. The molecule has 4 heteroatoms. The Hall–Kier alpha value is -2.75. The summed E-state index contributed by atoms with van der Waals surface area (Å²) >= 11 is 0. The quantitative estimate of drug-likeness (QED) is 0.765.